The first-order valence-electron chi connectivity index (χ1n) is 6.77. The molecule has 0 bridgehead atoms. The fourth-order valence-electron chi connectivity index (χ4n) is 2.44. The number of nitrogens with zero attached hydrogens (tertiary/aromatic N) is 2. The Morgan fingerprint density at radius 3 is 2.61 bits per heavy atom. The summed E-state index contributed by atoms with van der Waals surface area (Å²) in [7, 11) is 0. The molecule has 2 rings (SSSR count). The highest BCUT2D eigenvalue weighted by Crippen LogP contribution is 2.06. The van der Waals surface area contributed by atoms with Crippen molar-refractivity contribution >= 4 is 5.91 Å². The number of hydrogen-bond donors (Lipinski definition) is 0. The normalized spacial score (nSPS) is 17.5. The molecule has 1 aliphatic heterocycles. The van der Waals surface area contributed by atoms with Crippen LogP contribution in [0.4, 0.5) is 0 Å². The van der Waals surface area contributed by atoms with Gasteiger partial charge in [-0.05, 0) is 24.9 Å². The number of amides is 1. The summed E-state index contributed by atoms with van der Waals surface area (Å²) >= 11 is 0. The lowest BCUT2D eigenvalue weighted by molar-refractivity contribution is -0.128. The summed E-state index contributed by atoms with van der Waals surface area (Å²) in [5.74, 6) is 0.208. The molecule has 1 amide bonds. The van der Waals surface area contributed by atoms with Crippen LogP contribution in [0.1, 0.15) is 18.9 Å². The average Bonchev–Trinajstić information content (AvgIpc) is 2.63. The molecule has 0 radical (unpaired) electrons. The van der Waals surface area contributed by atoms with Gasteiger partial charge in [-0.15, -0.1) is 0 Å². The van der Waals surface area contributed by atoms with E-state index in [0.29, 0.717) is 0 Å². The van der Waals surface area contributed by atoms with E-state index in [4.69, 9.17) is 0 Å². The third-order valence-corrected chi connectivity index (χ3v) is 3.59. The van der Waals surface area contributed by atoms with Crippen LogP contribution in [0.2, 0.25) is 0 Å². The zero-order valence-electron chi connectivity index (χ0n) is 11.1. The second kappa shape index (κ2) is 6.55. The molecule has 1 aromatic carbocycles. The molecule has 1 heterocycles. The molecule has 0 aromatic heterocycles. The van der Waals surface area contributed by atoms with Gasteiger partial charge in [-0.25, -0.2) is 0 Å². The summed E-state index contributed by atoms with van der Waals surface area (Å²) in [5.41, 5.74) is 1.39. The summed E-state index contributed by atoms with van der Waals surface area (Å²) in [6.07, 6.45) is 2.19. The van der Waals surface area contributed by atoms with Crippen molar-refractivity contribution < 1.29 is 4.79 Å². The zero-order valence-corrected chi connectivity index (χ0v) is 11.1. The Labute approximate surface area is 109 Å². The number of rotatable bonds is 3. The van der Waals surface area contributed by atoms with E-state index in [1.807, 2.05) is 4.90 Å². The number of benzene rings is 1. The zero-order chi connectivity index (χ0) is 12.8. The van der Waals surface area contributed by atoms with Gasteiger partial charge in [0.15, 0.2) is 0 Å². The highest BCUT2D eigenvalue weighted by atomic mass is 16.2. The standard InChI is InChI=1S/C15H22N2O/c1-14(18)17-10-5-9-16(12-13-17)11-8-15-6-3-2-4-7-15/h2-4,6-7H,5,8-13H2,1H3. The summed E-state index contributed by atoms with van der Waals surface area (Å²) in [6, 6.07) is 10.6. The predicted octanol–water partition coefficient (Wildman–Crippen LogP) is 1.78. The maximum atomic E-state index is 11.3. The lowest BCUT2D eigenvalue weighted by Gasteiger charge is -2.21. The number of hydrogen-bond acceptors (Lipinski definition) is 2. The Morgan fingerprint density at radius 2 is 1.89 bits per heavy atom. The van der Waals surface area contributed by atoms with Gasteiger partial charge >= 0.3 is 0 Å². The first kappa shape index (κ1) is 13.1. The highest BCUT2D eigenvalue weighted by molar-refractivity contribution is 5.73. The van der Waals surface area contributed by atoms with E-state index in [1.165, 1.54) is 5.56 Å². The smallest absolute Gasteiger partial charge is 0.219 e. The third kappa shape index (κ3) is 3.84. The molecular weight excluding hydrogens is 224 g/mol. The minimum absolute atomic E-state index is 0.208. The van der Waals surface area contributed by atoms with Crippen LogP contribution in [0.3, 0.4) is 0 Å². The monoisotopic (exact) mass is 246 g/mol. The average molecular weight is 246 g/mol. The Balaban J connectivity index is 1.79. The van der Waals surface area contributed by atoms with E-state index in [1.54, 1.807) is 6.92 Å². The lowest BCUT2D eigenvalue weighted by atomic mass is 10.1. The van der Waals surface area contributed by atoms with Crippen LogP contribution < -0.4 is 0 Å². The van der Waals surface area contributed by atoms with Gasteiger partial charge in [-0.1, -0.05) is 30.3 Å². The van der Waals surface area contributed by atoms with E-state index in [2.05, 4.69) is 35.2 Å². The quantitative estimate of drug-likeness (QED) is 0.811. The van der Waals surface area contributed by atoms with Crippen molar-refractivity contribution in [2.45, 2.75) is 19.8 Å². The van der Waals surface area contributed by atoms with Gasteiger partial charge in [-0.3, -0.25) is 4.79 Å². The van der Waals surface area contributed by atoms with Crippen molar-refractivity contribution in [3.63, 3.8) is 0 Å². The summed E-state index contributed by atoms with van der Waals surface area (Å²) in [6.45, 7) is 6.67. The summed E-state index contributed by atoms with van der Waals surface area (Å²) in [4.78, 5) is 15.8. The lowest BCUT2D eigenvalue weighted by Crippen LogP contribution is -2.34. The van der Waals surface area contributed by atoms with Crippen molar-refractivity contribution in [1.29, 1.82) is 0 Å². The van der Waals surface area contributed by atoms with E-state index in [0.717, 1.165) is 45.6 Å². The molecule has 0 unspecified atom stereocenters. The van der Waals surface area contributed by atoms with Crippen molar-refractivity contribution in [2.24, 2.45) is 0 Å². The molecule has 0 atom stereocenters. The van der Waals surface area contributed by atoms with Crippen LogP contribution >= 0.6 is 0 Å². The van der Waals surface area contributed by atoms with Crippen molar-refractivity contribution in [3.8, 4) is 0 Å². The van der Waals surface area contributed by atoms with Crippen molar-refractivity contribution in [3.05, 3.63) is 35.9 Å². The fourth-order valence-corrected chi connectivity index (χ4v) is 2.44. The molecule has 0 N–H and O–H groups in total. The Hall–Kier alpha value is -1.35. The maximum Gasteiger partial charge on any atom is 0.219 e. The SMILES string of the molecule is CC(=O)N1CCCN(CCc2ccccc2)CC1. The van der Waals surface area contributed by atoms with E-state index >= 15 is 0 Å². The van der Waals surface area contributed by atoms with Crippen molar-refractivity contribution in [1.82, 2.24) is 9.80 Å². The minimum atomic E-state index is 0.208. The largest absolute Gasteiger partial charge is 0.342 e. The topological polar surface area (TPSA) is 23.6 Å². The molecule has 1 aromatic rings. The first-order chi connectivity index (χ1) is 8.75. The van der Waals surface area contributed by atoms with Gasteiger partial charge in [0, 0.05) is 33.1 Å². The molecule has 1 fully saturated rings. The summed E-state index contributed by atoms with van der Waals surface area (Å²) in [5, 5.41) is 0. The van der Waals surface area contributed by atoms with Crippen LogP contribution in [-0.4, -0.2) is 48.4 Å². The predicted molar refractivity (Wildman–Crippen MR) is 73.5 cm³/mol. The number of carbonyl (C=O) groups excluding carboxylic acids is 1. The van der Waals surface area contributed by atoms with Crippen LogP contribution in [0.25, 0.3) is 0 Å². The first-order valence-corrected chi connectivity index (χ1v) is 6.77. The van der Waals surface area contributed by atoms with E-state index < -0.39 is 0 Å². The van der Waals surface area contributed by atoms with Crippen LogP contribution in [-0.2, 0) is 11.2 Å². The molecule has 18 heavy (non-hydrogen) atoms. The molecule has 1 saturated heterocycles. The van der Waals surface area contributed by atoms with Gasteiger partial charge in [0.2, 0.25) is 5.91 Å². The van der Waals surface area contributed by atoms with Crippen LogP contribution in [0.15, 0.2) is 30.3 Å². The maximum absolute atomic E-state index is 11.3. The number of carbonyl (C=O) groups is 1. The molecule has 3 nitrogen and oxygen atoms in total. The van der Waals surface area contributed by atoms with Gasteiger partial charge < -0.3 is 9.80 Å². The molecule has 0 saturated carbocycles. The molecule has 0 aliphatic carbocycles. The third-order valence-electron chi connectivity index (χ3n) is 3.59. The minimum Gasteiger partial charge on any atom is -0.342 e. The molecular formula is C15H22N2O. The van der Waals surface area contributed by atoms with Gasteiger partial charge in [0.05, 0.1) is 0 Å². The molecule has 0 spiro atoms. The molecule has 98 valence electrons. The Bertz CT molecular complexity index is 377. The highest BCUT2D eigenvalue weighted by Gasteiger charge is 2.15. The Kier molecular flexibility index (Phi) is 4.76. The van der Waals surface area contributed by atoms with Gasteiger partial charge in [0.1, 0.15) is 0 Å². The van der Waals surface area contributed by atoms with E-state index in [9.17, 15) is 4.79 Å². The van der Waals surface area contributed by atoms with Gasteiger partial charge in [0.25, 0.3) is 0 Å². The molecule has 3 heteroatoms. The van der Waals surface area contributed by atoms with Gasteiger partial charge in [-0.2, -0.15) is 0 Å². The molecule has 1 aliphatic rings. The van der Waals surface area contributed by atoms with Crippen LogP contribution in [0.5, 0.6) is 0 Å². The van der Waals surface area contributed by atoms with Crippen molar-refractivity contribution in [2.75, 3.05) is 32.7 Å². The second-order valence-corrected chi connectivity index (χ2v) is 4.94. The fraction of sp³-hybridized carbons (Fsp3) is 0.533. The van der Waals surface area contributed by atoms with Crippen LogP contribution in [0, 0.1) is 0 Å². The summed E-state index contributed by atoms with van der Waals surface area (Å²) < 4.78 is 0. The Morgan fingerprint density at radius 1 is 1.11 bits per heavy atom. The second-order valence-electron chi connectivity index (χ2n) is 4.94. The van der Waals surface area contributed by atoms with E-state index in [-0.39, 0.29) is 5.91 Å².